The molecule has 0 amide bonds. The fourth-order valence-corrected chi connectivity index (χ4v) is 4.00. The van der Waals surface area contributed by atoms with Crippen LogP contribution in [0.3, 0.4) is 0 Å². The summed E-state index contributed by atoms with van der Waals surface area (Å²) < 4.78 is 38.3. The van der Waals surface area contributed by atoms with E-state index >= 15 is 0 Å². The average molecular weight is 406 g/mol. The summed E-state index contributed by atoms with van der Waals surface area (Å²) in [5, 5.41) is 0.359. The molecule has 1 aliphatic rings. The number of rotatable bonds is 5. The highest BCUT2D eigenvalue weighted by Gasteiger charge is 2.32. The number of hydrogen-bond donors (Lipinski definition) is 1. The van der Waals surface area contributed by atoms with Gasteiger partial charge in [-0.2, -0.15) is 4.72 Å². The molecule has 0 aromatic heterocycles. The number of fused-ring (bicyclic) bond motifs is 1. The minimum Gasteiger partial charge on any atom is -0.483 e. The molecule has 0 fully saturated rings. The second-order valence-electron chi connectivity index (χ2n) is 6.71. The molecular weight excluding hydrogens is 386 g/mol. The number of ether oxygens (including phenoxy) is 2. The van der Waals surface area contributed by atoms with Crippen LogP contribution in [-0.4, -0.2) is 27.2 Å². The molecule has 0 bridgehead atoms. The summed E-state index contributed by atoms with van der Waals surface area (Å²) in [5.41, 5.74) is 0.867. The fraction of sp³-hybridized carbons (Fsp3) is 0.300. The van der Waals surface area contributed by atoms with E-state index in [1.54, 1.807) is 12.1 Å². The molecule has 142 valence electrons. The van der Waals surface area contributed by atoms with Crippen LogP contribution in [0.2, 0.25) is 5.02 Å². The fourth-order valence-electron chi connectivity index (χ4n) is 2.78. The maximum Gasteiger partial charge on any atom is 0.241 e. The SMILES string of the molecule is CC1(C)Cc2cccc(OCC#CCNS(=O)(=O)c3cccc(Cl)c3)c2O1. The molecule has 0 unspecified atom stereocenters. The van der Waals surface area contributed by atoms with Crippen molar-refractivity contribution in [3.05, 3.63) is 53.1 Å². The Morgan fingerprint density at radius 3 is 2.78 bits per heavy atom. The molecule has 0 radical (unpaired) electrons. The van der Waals surface area contributed by atoms with E-state index in [1.165, 1.54) is 12.1 Å². The van der Waals surface area contributed by atoms with E-state index in [2.05, 4.69) is 16.6 Å². The quantitative estimate of drug-likeness (QED) is 0.774. The van der Waals surface area contributed by atoms with Gasteiger partial charge in [0.1, 0.15) is 12.2 Å². The second kappa shape index (κ2) is 7.81. The Kier molecular flexibility index (Phi) is 5.66. The van der Waals surface area contributed by atoms with Crippen LogP contribution in [-0.2, 0) is 16.4 Å². The van der Waals surface area contributed by atoms with E-state index < -0.39 is 10.0 Å². The molecule has 2 aromatic rings. The van der Waals surface area contributed by atoms with Gasteiger partial charge in [-0.15, -0.1) is 0 Å². The second-order valence-corrected chi connectivity index (χ2v) is 8.91. The first-order valence-electron chi connectivity index (χ1n) is 8.41. The summed E-state index contributed by atoms with van der Waals surface area (Å²) in [7, 11) is -3.64. The van der Waals surface area contributed by atoms with Crippen molar-refractivity contribution in [1.82, 2.24) is 4.72 Å². The normalized spacial score (nSPS) is 14.6. The molecule has 0 saturated carbocycles. The molecule has 2 aromatic carbocycles. The smallest absolute Gasteiger partial charge is 0.241 e. The largest absolute Gasteiger partial charge is 0.483 e. The summed E-state index contributed by atoms with van der Waals surface area (Å²) in [5.74, 6) is 6.94. The summed E-state index contributed by atoms with van der Waals surface area (Å²) >= 11 is 5.82. The topological polar surface area (TPSA) is 64.6 Å². The van der Waals surface area contributed by atoms with Gasteiger partial charge in [0, 0.05) is 17.0 Å². The average Bonchev–Trinajstić information content (AvgIpc) is 2.92. The first-order valence-corrected chi connectivity index (χ1v) is 10.3. The predicted octanol–water partition coefficient (Wildman–Crippen LogP) is 3.41. The lowest BCUT2D eigenvalue weighted by molar-refractivity contribution is 0.133. The van der Waals surface area contributed by atoms with Crippen LogP contribution in [0.15, 0.2) is 47.4 Å². The van der Waals surface area contributed by atoms with E-state index in [0.717, 1.165) is 17.7 Å². The number of nitrogens with one attached hydrogen (secondary N) is 1. The van der Waals surface area contributed by atoms with Gasteiger partial charge in [-0.3, -0.25) is 0 Å². The van der Waals surface area contributed by atoms with Gasteiger partial charge in [0.05, 0.1) is 11.4 Å². The van der Waals surface area contributed by atoms with Crippen LogP contribution in [0.5, 0.6) is 11.5 Å². The minimum absolute atomic E-state index is 0.0192. The van der Waals surface area contributed by atoms with Gasteiger partial charge in [0.25, 0.3) is 0 Å². The van der Waals surface area contributed by atoms with E-state index in [0.29, 0.717) is 10.8 Å². The van der Waals surface area contributed by atoms with E-state index in [-0.39, 0.29) is 23.6 Å². The molecule has 3 rings (SSSR count). The van der Waals surface area contributed by atoms with Crippen LogP contribution < -0.4 is 14.2 Å². The summed E-state index contributed by atoms with van der Waals surface area (Å²) in [6.45, 7) is 4.18. The molecule has 1 aliphatic heterocycles. The first-order chi connectivity index (χ1) is 12.8. The Morgan fingerprint density at radius 2 is 2.00 bits per heavy atom. The van der Waals surface area contributed by atoms with Gasteiger partial charge in [0.15, 0.2) is 11.5 Å². The predicted molar refractivity (Wildman–Crippen MR) is 105 cm³/mol. The lowest BCUT2D eigenvalue weighted by atomic mass is 10.0. The van der Waals surface area contributed by atoms with Crippen molar-refractivity contribution < 1.29 is 17.9 Å². The minimum atomic E-state index is -3.64. The van der Waals surface area contributed by atoms with Gasteiger partial charge in [-0.05, 0) is 38.1 Å². The van der Waals surface area contributed by atoms with Gasteiger partial charge < -0.3 is 9.47 Å². The van der Waals surface area contributed by atoms with E-state index in [9.17, 15) is 8.42 Å². The lowest BCUT2D eigenvalue weighted by Crippen LogP contribution is -2.24. The van der Waals surface area contributed by atoms with Crippen molar-refractivity contribution in [2.75, 3.05) is 13.2 Å². The monoisotopic (exact) mass is 405 g/mol. The summed E-state index contributed by atoms with van der Waals surface area (Å²) in [4.78, 5) is 0.104. The highest BCUT2D eigenvalue weighted by molar-refractivity contribution is 7.89. The van der Waals surface area contributed by atoms with Crippen LogP contribution in [0.4, 0.5) is 0 Å². The standard InChI is InChI=1S/C20H20ClNO4S/c1-20(2)14-15-7-5-10-18(19(15)26-20)25-12-4-3-11-22-27(23,24)17-9-6-8-16(21)13-17/h5-10,13,22H,11-12,14H2,1-2H3. The third-order valence-corrected chi connectivity index (χ3v) is 5.57. The number of benzene rings is 2. The van der Waals surface area contributed by atoms with Gasteiger partial charge >= 0.3 is 0 Å². The molecule has 5 nitrogen and oxygen atoms in total. The third kappa shape index (κ3) is 4.95. The molecule has 0 atom stereocenters. The molecule has 0 spiro atoms. The summed E-state index contributed by atoms with van der Waals surface area (Å²) in [6, 6.07) is 11.8. The molecule has 1 N–H and O–H groups in total. The van der Waals surface area contributed by atoms with Crippen molar-refractivity contribution in [3.63, 3.8) is 0 Å². The van der Waals surface area contributed by atoms with Crippen LogP contribution in [0.25, 0.3) is 0 Å². The highest BCUT2D eigenvalue weighted by atomic mass is 35.5. The Labute approximate surface area is 164 Å². The first kappa shape index (κ1) is 19.6. The zero-order valence-electron chi connectivity index (χ0n) is 15.1. The molecule has 7 heteroatoms. The maximum atomic E-state index is 12.1. The van der Waals surface area contributed by atoms with Crippen LogP contribution in [0, 0.1) is 11.8 Å². The van der Waals surface area contributed by atoms with Crippen molar-refractivity contribution in [2.24, 2.45) is 0 Å². The molecule has 27 heavy (non-hydrogen) atoms. The molecule has 0 saturated heterocycles. The van der Waals surface area contributed by atoms with Crippen molar-refractivity contribution in [2.45, 2.75) is 30.8 Å². The van der Waals surface area contributed by atoms with Gasteiger partial charge in [-0.25, -0.2) is 8.42 Å². The zero-order chi connectivity index (χ0) is 19.5. The van der Waals surface area contributed by atoms with Crippen molar-refractivity contribution in [3.8, 4) is 23.3 Å². The highest BCUT2D eigenvalue weighted by Crippen LogP contribution is 2.41. The Morgan fingerprint density at radius 1 is 1.22 bits per heavy atom. The van der Waals surface area contributed by atoms with Gasteiger partial charge in [-0.1, -0.05) is 41.6 Å². The molecule has 0 aliphatic carbocycles. The lowest BCUT2D eigenvalue weighted by Gasteiger charge is -2.17. The Bertz CT molecular complexity index is 1010. The number of sulfonamides is 1. The summed E-state index contributed by atoms with van der Waals surface area (Å²) in [6.07, 6.45) is 0.830. The maximum absolute atomic E-state index is 12.1. The van der Waals surface area contributed by atoms with Crippen LogP contribution in [0.1, 0.15) is 19.4 Å². The van der Waals surface area contributed by atoms with Crippen molar-refractivity contribution >= 4 is 21.6 Å². The van der Waals surface area contributed by atoms with Crippen LogP contribution >= 0.6 is 11.6 Å². The van der Waals surface area contributed by atoms with E-state index in [1.807, 2.05) is 32.0 Å². The van der Waals surface area contributed by atoms with Gasteiger partial charge in [0.2, 0.25) is 10.0 Å². The Balaban J connectivity index is 1.54. The number of para-hydroxylation sites is 1. The molecule has 1 heterocycles. The zero-order valence-corrected chi connectivity index (χ0v) is 16.7. The molecular formula is C20H20ClNO4S. The van der Waals surface area contributed by atoms with E-state index in [4.69, 9.17) is 21.1 Å². The number of hydrogen-bond acceptors (Lipinski definition) is 4. The number of halogens is 1. The third-order valence-electron chi connectivity index (χ3n) is 3.94. The van der Waals surface area contributed by atoms with Crippen molar-refractivity contribution in [1.29, 1.82) is 0 Å². The Hall–Kier alpha value is -2.20.